The first-order valence-electron chi connectivity index (χ1n) is 6.82. The number of carboxylic acid groups (broad SMARTS) is 1. The molecule has 0 spiro atoms. The lowest BCUT2D eigenvalue weighted by Gasteiger charge is -2.25. The maximum Gasteiger partial charge on any atom is 0.306 e. The molecule has 4 nitrogen and oxygen atoms in total. The van der Waals surface area contributed by atoms with E-state index in [1.54, 1.807) is 6.07 Å². The summed E-state index contributed by atoms with van der Waals surface area (Å²) in [5, 5.41) is 12.5. The van der Waals surface area contributed by atoms with E-state index >= 15 is 0 Å². The minimum atomic E-state index is -0.798. The highest BCUT2D eigenvalue weighted by Gasteiger charge is 2.30. The first kappa shape index (κ1) is 14.9. The minimum Gasteiger partial charge on any atom is -0.481 e. The van der Waals surface area contributed by atoms with E-state index in [1.165, 1.54) is 0 Å². The van der Waals surface area contributed by atoms with E-state index in [4.69, 9.17) is 16.7 Å². The van der Waals surface area contributed by atoms with Crippen molar-refractivity contribution in [2.24, 2.45) is 11.8 Å². The predicted molar refractivity (Wildman–Crippen MR) is 76.4 cm³/mol. The summed E-state index contributed by atoms with van der Waals surface area (Å²) in [6, 6.07) is 7.36. The molecule has 2 atom stereocenters. The van der Waals surface area contributed by atoms with Gasteiger partial charge in [-0.15, -0.1) is 0 Å². The van der Waals surface area contributed by atoms with E-state index in [0.717, 1.165) is 18.4 Å². The number of aliphatic carboxylic acids is 1. The molecule has 0 aromatic heterocycles. The highest BCUT2D eigenvalue weighted by molar-refractivity contribution is 6.31. The van der Waals surface area contributed by atoms with Gasteiger partial charge in [0.1, 0.15) is 0 Å². The zero-order valence-electron chi connectivity index (χ0n) is 11.1. The maximum absolute atomic E-state index is 12.1. The van der Waals surface area contributed by atoms with Gasteiger partial charge in [0.2, 0.25) is 5.91 Å². The number of amides is 1. The molecule has 1 amide bonds. The molecule has 5 heteroatoms. The predicted octanol–water partition coefficient (Wildman–Crippen LogP) is 2.85. The molecule has 0 heterocycles. The van der Waals surface area contributed by atoms with Crippen molar-refractivity contribution in [3.8, 4) is 0 Å². The molecule has 0 radical (unpaired) electrons. The van der Waals surface area contributed by atoms with Crippen LogP contribution in [0.2, 0.25) is 5.02 Å². The maximum atomic E-state index is 12.1. The number of carboxylic acids is 1. The fourth-order valence-electron chi connectivity index (χ4n) is 2.62. The largest absolute Gasteiger partial charge is 0.481 e. The molecule has 1 aromatic carbocycles. The van der Waals surface area contributed by atoms with Crippen molar-refractivity contribution in [1.82, 2.24) is 5.32 Å². The molecule has 1 aliphatic rings. The third-order valence-corrected chi connectivity index (χ3v) is 4.17. The summed E-state index contributed by atoms with van der Waals surface area (Å²) in [5.41, 5.74) is 0.869. The van der Waals surface area contributed by atoms with Crippen molar-refractivity contribution in [2.45, 2.75) is 32.2 Å². The number of hydrogen-bond acceptors (Lipinski definition) is 2. The summed E-state index contributed by atoms with van der Waals surface area (Å²) in [4.78, 5) is 23.1. The van der Waals surface area contributed by atoms with E-state index < -0.39 is 5.97 Å². The van der Waals surface area contributed by atoms with Crippen LogP contribution in [0.1, 0.15) is 31.2 Å². The highest BCUT2D eigenvalue weighted by atomic mass is 35.5. The van der Waals surface area contributed by atoms with E-state index in [9.17, 15) is 9.59 Å². The molecule has 2 rings (SSSR count). The summed E-state index contributed by atoms with van der Waals surface area (Å²) >= 11 is 6.03. The third-order valence-electron chi connectivity index (χ3n) is 3.81. The van der Waals surface area contributed by atoms with Gasteiger partial charge in [-0.1, -0.05) is 36.2 Å². The summed E-state index contributed by atoms with van der Waals surface area (Å²) in [6.45, 7) is 0.382. The molecular weight excluding hydrogens is 278 g/mol. The molecule has 1 aromatic rings. The van der Waals surface area contributed by atoms with Gasteiger partial charge in [-0.3, -0.25) is 9.59 Å². The second-order valence-electron chi connectivity index (χ2n) is 5.21. The number of benzene rings is 1. The molecule has 2 N–H and O–H groups in total. The van der Waals surface area contributed by atoms with Gasteiger partial charge >= 0.3 is 5.97 Å². The Morgan fingerprint density at radius 1 is 1.25 bits per heavy atom. The number of carbonyl (C=O) groups is 2. The fourth-order valence-corrected chi connectivity index (χ4v) is 2.82. The number of hydrogen-bond donors (Lipinski definition) is 2. The monoisotopic (exact) mass is 295 g/mol. The SMILES string of the molecule is O=C(O)[C@H]1CCC[C@H](C(=O)NCc2ccccc2Cl)C1. The topological polar surface area (TPSA) is 66.4 Å². The molecule has 108 valence electrons. The smallest absolute Gasteiger partial charge is 0.306 e. The Balaban J connectivity index is 1.89. The Morgan fingerprint density at radius 3 is 2.65 bits per heavy atom. The van der Waals surface area contributed by atoms with Crippen LogP contribution in [-0.4, -0.2) is 17.0 Å². The summed E-state index contributed by atoms with van der Waals surface area (Å²) in [5.74, 6) is -1.46. The van der Waals surface area contributed by atoms with Gasteiger partial charge in [-0.05, 0) is 30.9 Å². The Bertz CT molecular complexity index is 504. The zero-order chi connectivity index (χ0) is 14.5. The van der Waals surface area contributed by atoms with Crippen molar-refractivity contribution >= 4 is 23.5 Å². The van der Waals surface area contributed by atoms with Crippen LogP contribution in [0.25, 0.3) is 0 Å². The number of carbonyl (C=O) groups excluding carboxylic acids is 1. The first-order chi connectivity index (χ1) is 9.58. The Kier molecular flexibility index (Phi) is 5.01. The van der Waals surface area contributed by atoms with Gasteiger partial charge in [0.25, 0.3) is 0 Å². The summed E-state index contributed by atoms with van der Waals surface area (Å²) in [6.07, 6.45) is 2.66. The van der Waals surface area contributed by atoms with Crippen LogP contribution in [0.15, 0.2) is 24.3 Å². The van der Waals surface area contributed by atoms with Crippen molar-refractivity contribution in [2.75, 3.05) is 0 Å². The van der Waals surface area contributed by atoms with E-state index in [1.807, 2.05) is 18.2 Å². The van der Waals surface area contributed by atoms with Gasteiger partial charge in [-0.2, -0.15) is 0 Å². The van der Waals surface area contributed by atoms with Crippen molar-refractivity contribution in [3.63, 3.8) is 0 Å². The summed E-state index contributed by atoms with van der Waals surface area (Å²) in [7, 11) is 0. The van der Waals surface area contributed by atoms with Crippen molar-refractivity contribution in [1.29, 1.82) is 0 Å². The summed E-state index contributed by atoms with van der Waals surface area (Å²) < 4.78 is 0. The highest BCUT2D eigenvalue weighted by Crippen LogP contribution is 2.29. The molecule has 1 aliphatic carbocycles. The number of halogens is 1. The van der Waals surface area contributed by atoms with Gasteiger partial charge in [0.15, 0.2) is 0 Å². The molecule has 0 unspecified atom stereocenters. The Morgan fingerprint density at radius 2 is 1.95 bits per heavy atom. The average molecular weight is 296 g/mol. The van der Waals surface area contributed by atoms with Crippen LogP contribution in [0.3, 0.4) is 0 Å². The molecule has 1 saturated carbocycles. The van der Waals surface area contributed by atoms with Gasteiger partial charge in [-0.25, -0.2) is 0 Å². The Hall–Kier alpha value is -1.55. The first-order valence-corrected chi connectivity index (χ1v) is 7.19. The van der Waals surface area contributed by atoms with E-state index in [-0.39, 0.29) is 17.7 Å². The fraction of sp³-hybridized carbons (Fsp3) is 0.467. The molecule has 0 aliphatic heterocycles. The number of nitrogens with one attached hydrogen (secondary N) is 1. The van der Waals surface area contributed by atoms with E-state index in [2.05, 4.69) is 5.32 Å². The quantitative estimate of drug-likeness (QED) is 0.897. The van der Waals surface area contributed by atoms with Crippen LogP contribution >= 0.6 is 11.6 Å². The lowest BCUT2D eigenvalue weighted by molar-refractivity contribution is -0.144. The second-order valence-corrected chi connectivity index (χ2v) is 5.62. The third kappa shape index (κ3) is 3.73. The molecule has 20 heavy (non-hydrogen) atoms. The lowest BCUT2D eigenvalue weighted by atomic mass is 9.81. The van der Waals surface area contributed by atoms with E-state index in [0.29, 0.717) is 24.4 Å². The average Bonchev–Trinajstić information content (AvgIpc) is 2.46. The molecule has 0 bridgehead atoms. The second kappa shape index (κ2) is 6.75. The lowest BCUT2D eigenvalue weighted by Crippen LogP contribution is -2.35. The zero-order valence-corrected chi connectivity index (χ0v) is 11.9. The van der Waals surface area contributed by atoms with Gasteiger partial charge < -0.3 is 10.4 Å². The van der Waals surface area contributed by atoms with Crippen molar-refractivity contribution in [3.05, 3.63) is 34.9 Å². The molecule has 1 fully saturated rings. The Labute approximate surface area is 123 Å². The van der Waals surface area contributed by atoms with Gasteiger partial charge in [0, 0.05) is 17.5 Å². The van der Waals surface area contributed by atoms with Crippen LogP contribution in [0.5, 0.6) is 0 Å². The molecular formula is C15H18ClNO3. The number of rotatable bonds is 4. The van der Waals surface area contributed by atoms with Crippen molar-refractivity contribution < 1.29 is 14.7 Å². The van der Waals surface area contributed by atoms with Crippen LogP contribution in [0.4, 0.5) is 0 Å². The van der Waals surface area contributed by atoms with Crippen LogP contribution in [0, 0.1) is 11.8 Å². The minimum absolute atomic E-state index is 0.0733. The van der Waals surface area contributed by atoms with Gasteiger partial charge in [0.05, 0.1) is 5.92 Å². The standard InChI is InChI=1S/C15H18ClNO3/c16-13-7-2-1-4-12(13)9-17-14(18)10-5-3-6-11(8-10)15(19)20/h1-2,4,7,10-11H,3,5-6,8-9H2,(H,17,18)(H,19,20)/t10-,11-/m0/s1. The van der Waals surface area contributed by atoms with Crippen LogP contribution < -0.4 is 5.32 Å². The normalized spacial score (nSPS) is 22.2. The van der Waals surface area contributed by atoms with Crippen LogP contribution in [-0.2, 0) is 16.1 Å². The molecule has 0 saturated heterocycles.